The molecule has 0 atom stereocenters. The van der Waals surface area contributed by atoms with Crippen LogP contribution in [0.3, 0.4) is 0 Å². The van der Waals surface area contributed by atoms with Crippen molar-refractivity contribution < 1.29 is 19.9 Å². The lowest BCUT2D eigenvalue weighted by Crippen LogP contribution is -2.62. The average Bonchev–Trinajstić information content (AvgIpc) is 2.22. The minimum atomic E-state index is -1.15. The van der Waals surface area contributed by atoms with Gasteiger partial charge in [0.1, 0.15) is 0 Å². The summed E-state index contributed by atoms with van der Waals surface area (Å²) in [7, 11) is 0. The molecule has 0 spiro atoms. The maximum atomic E-state index is 11.6. The van der Waals surface area contributed by atoms with Crippen LogP contribution >= 0.6 is 0 Å². The number of hydrogen-bond donors (Lipinski definition) is 3. The van der Waals surface area contributed by atoms with Crippen LogP contribution in [0.15, 0.2) is 12.2 Å². The Kier molecular flexibility index (Phi) is 4.37. The predicted octanol–water partition coefficient (Wildman–Crippen LogP) is 1.15. The molecule has 0 aliphatic carbocycles. The quantitative estimate of drug-likeness (QED) is 0.669. The summed E-state index contributed by atoms with van der Waals surface area (Å²) in [5.41, 5.74) is -0.896. The van der Waals surface area contributed by atoms with Crippen LogP contribution in [0.5, 0.6) is 0 Å². The Morgan fingerprint density at radius 3 is 2.05 bits per heavy atom. The second-order valence-electron chi connectivity index (χ2n) is 6.22. The lowest BCUT2D eigenvalue weighted by molar-refractivity contribution is -0.245. The SMILES string of the molecule is CC1(C)CC(NC(=O)C=CC(=O)O)CC(C)(C)N1O. The van der Waals surface area contributed by atoms with Gasteiger partial charge in [-0.15, -0.1) is 0 Å². The molecule has 19 heavy (non-hydrogen) atoms. The third-order valence-electron chi connectivity index (χ3n) is 3.36. The third kappa shape index (κ3) is 4.04. The number of carbonyl (C=O) groups is 2. The molecular formula is C13H22N2O4. The van der Waals surface area contributed by atoms with Gasteiger partial charge in [0.05, 0.1) is 0 Å². The molecular weight excluding hydrogens is 248 g/mol. The van der Waals surface area contributed by atoms with Crippen LogP contribution in [0.25, 0.3) is 0 Å². The average molecular weight is 270 g/mol. The van der Waals surface area contributed by atoms with Crippen LogP contribution in [0.1, 0.15) is 40.5 Å². The van der Waals surface area contributed by atoms with E-state index in [1.54, 1.807) is 0 Å². The molecule has 0 aromatic rings. The molecule has 6 heteroatoms. The number of rotatable bonds is 3. The Morgan fingerprint density at radius 2 is 1.63 bits per heavy atom. The Labute approximate surface area is 113 Å². The van der Waals surface area contributed by atoms with Crippen molar-refractivity contribution in [2.75, 3.05) is 0 Å². The number of amides is 1. The molecule has 1 aliphatic heterocycles. The van der Waals surface area contributed by atoms with Gasteiger partial charge in [-0.25, -0.2) is 4.79 Å². The van der Waals surface area contributed by atoms with Crippen LogP contribution in [0, 0.1) is 0 Å². The zero-order chi connectivity index (χ0) is 14.8. The minimum absolute atomic E-state index is 0.0978. The zero-order valence-corrected chi connectivity index (χ0v) is 11.8. The fourth-order valence-corrected chi connectivity index (χ4v) is 2.77. The zero-order valence-electron chi connectivity index (χ0n) is 11.8. The first-order valence-electron chi connectivity index (χ1n) is 6.25. The van der Waals surface area contributed by atoms with Gasteiger partial charge in [-0.05, 0) is 40.5 Å². The second-order valence-corrected chi connectivity index (χ2v) is 6.22. The molecule has 1 fully saturated rings. The molecule has 1 rings (SSSR count). The molecule has 1 amide bonds. The summed E-state index contributed by atoms with van der Waals surface area (Å²) in [5.74, 6) is -1.58. The summed E-state index contributed by atoms with van der Waals surface area (Å²) < 4.78 is 0. The monoisotopic (exact) mass is 270 g/mol. The molecule has 0 bridgehead atoms. The molecule has 0 saturated carbocycles. The van der Waals surface area contributed by atoms with Gasteiger partial charge in [0, 0.05) is 29.3 Å². The van der Waals surface area contributed by atoms with Crippen molar-refractivity contribution in [2.24, 2.45) is 0 Å². The van der Waals surface area contributed by atoms with Gasteiger partial charge in [-0.3, -0.25) is 4.79 Å². The van der Waals surface area contributed by atoms with Gasteiger partial charge >= 0.3 is 5.97 Å². The van der Waals surface area contributed by atoms with E-state index in [0.717, 1.165) is 12.2 Å². The van der Waals surface area contributed by atoms with Gasteiger partial charge in [0.25, 0.3) is 0 Å². The first kappa shape index (κ1) is 15.7. The summed E-state index contributed by atoms with van der Waals surface area (Å²) in [6, 6.07) is -0.0978. The van der Waals surface area contributed by atoms with Crippen molar-refractivity contribution in [3.05, 3.63) is 12.2 Å². The number of carboxylic acids is 1. The lowest BCUT2D eigenvalue weighted by atomic mass is 9.79. The Balaban J connectivity index is 2.71. The maximum Gasteiger partial charge on any atom is 0.328 e. The van der Waals surface area contributed by atoms with Crippen molar-refractivity contribution in [3.8, 4) is 0 Å². The molecule has 1 aliphatic rings. The topological polar surface area (TPSA) is 89.9 Å². The maximum absolute atomic E-state index is 11.6. The van der Waals surface area contributed by atoms with Crippen LogP contribution in [-0.2, 0) is 9.59 Å². The first-order valence-corrected chi connectivity index (χ1v) is 6.25. The Morgan fingerprint density at radius 1 is 1.16 bits per heavy atom. The summed E-state index contributed by atoms with van der Waals surface area (Å²) in [6.07, 6.45) is 3.01. The van der Waals surface area contributed by atoms with Gasteiger partial charge in [-0.2, -0.15) is 5.06 Å². The van der Waals surface area contributed by atoms with Crippen LogP contribution < -0.4 is 5.32 Å². The number of piperidine rings is 1. The van der Waals surface area contributed by atoms with E-state index < -0.39 is 23.0 Å². The molecule has 1 heterocycles. The summed E-state index contributed by atoms with van der Waals surface area (Å²) in [6.45, 7) is 7.61. The lowest BCUT2D eigenvalue weighted by Gasteiger charge is -2.51. The van der Waals surface area contributed by atoms with Crippen molar-refractivity contribution in [3.63, 3.8) is 0 Å². The number of nitrogens with zero attached hydrogens (tertiary/aromatic N) is 1. The van der Waals surface area contributed by atoms with Gasteiger partial charge < -0.3 is 15.6 Å². The Hall–Kier alpha value is -1.40. The summed E-state index contributed by atoms with van der Waals surface area (Å²) >= 11 is 0. The van der Waals surface area contributed by atoms with Crippen molar-refractivity contribution >= 4 is 11.9 Å². The van der Waals surface area contributed by atoms with E-state index in [1.165, 1.54) is 5.06 Å². The van der Waals surface area contributed by atoms with E-state index in [9.17, 15) is 14.8 Å². The molecule has 108 valence electrons. The normalized spacial score (nSPS) is 23.4. The van der Waals surface area contributed by atoms with E-state index in [2.05, 4.69) is 5.32 Å². The van der Waals surface area contributed by atoms with Crippen molar-refractivity contribution in [2.45, 2.75) is 57.7 Å². The van der Waals surface area contributed by atoms with Crippen LogP contribution in [0.2, 0.25) is 0 Å². The highest BCUT2D eigenvalue weighted by atomic mass is 16.5. The van der Waals surface area contributed by atoms with Crippen LogP contribution in [0.4, 0.5) is 0 Å². The molecule has 0 aromatic heterocycles. The number of carbonyl (C=O) groups excluding carboxylic acids is 1. The Bertz CT molecular complexity index is 383. The highest BCUT2D eigenvalue weighted by Gasteiger charge is 2.45. The van der Waals surface area contributed by atoms with Crippen molar-refractivity contribution in [1.82, 2.24) is 10.4 Å². The van der Waals surface area contributed by atoms with E-state index in [0.29, 0.717) is 12.8 Å². The molecule has 0 unspecified atom stereocenters. The summed E-state index contributed by atoms with van der Waals surface area (Å²) in [5, 5.41) is 22.7. The second kappa shape index (κ2) is 5.30. The van der Waals surface area contributed by atoms with E-state index in [1.807, 2.05) is 27.7 Å². The fraction of sp³-hybridized carbons (Fsp3) is 0.692. The van der Waals surface area contributed by atoms with Gasteiger partial charge in [0.2, 0.25) is 5.91 Å². The molecule has 3 N–H and O–H groups in total. The molecule has 0 radical (unpaired) electrons. The molecule has 6 nitrogen and oxygen atoms in total. The minimum Gasteiger partial charge on any atom is -0.478 e. The predicted molar refractivity (Wildman–Crippen MR) is 69.7 cm³/mol. The smallest absolute Gasteiger partial charge is 0.328 e. The number of hydroxylamine groups is 2. The number of hydrogen-bond acceptors (Lipinski definition) is 4. The van der Waals surface area contributed by atoms with E-state index >= 15 is 0 Å². The number of carboxylic acid groups (broad SMARTS) is 1. The van der Waals surface area contributed by atoms with Gasteiger partial charge in [0.15, 0.2) is 0 Å². The highest BCUT2D eigenvalue weighted by molar-refractivity contribution is 5.94. The van der Waals surface area contributed by atoms with Crippen molar-refractivity contribution in [1.29, 1.82) is 0 Å². The highest BCUT2D eigenvalue weighted by Crippen LogP contribution is 2.36. The van der Waals surface area contributed by atoms with Gasteiger partial charge in [-0.1, -0.05) is 0 Å². The standard InChI is InChI=1S/C13H22N2O4/c1-12(2)7-9(8-13(3,4)15(12)19)14-10(16)5-6-11(17)18/h5-6,9,19H,7-8H2,1-4H3,(H,14,16)(H,17,18). The first-order chi connectivity index (χ1) is 8.54. The third-order valence-corrected chi connectivity index (χ3v) is 3.36. The molecule has 1 saturated heterocycles. The van der Waals surface area contributed by atoms with Crippen LogP contribution in [-0.4, -0.2) is 44.4 Å². The van der Waals surface area contributed by atoms with E-state index in [4.69, 9.17) is 5.11 Å². The number of aliphatic carboxylic acids is 1. The number of nitrogens with one attached hydrogen (secondary N) is 1. The van der Waals surface area contributed by atoms with E-state index in [-0.39, 0.29) is 6.04 Å². The summed E-state index contributed by atoms with van der Waals surface area (Å²) in [4.78, 5) is 21.9. The molecule has 0 aromatic carbocycles. The largest absolute Gasteiger partial charge is 0.478 e. The fourth-order valence-electron chi connectivity index (χ4n) is 2.77.